The normalized spacial score (nSPS) is 10.6. The van der Waals surface area contributed by atoms with Gasteiger partial charge in [-0.1, -0.05) is 60.7 Å². The van der Waals surface area contributed by atoms with Crippen molar-refractivity contribution in [1.29, 1.82) is 0 Å². The number of aromatic nitrogens is 1. The van der Waals surface area contributed by atoms with Gasteiger partial charge in [0.15, 0.2) is 0 Å². The smallest absolute Gasteiger partial charge is 0.413 e. The maximum absolute atomic E-state index is 11.7. The van der Waals surface area contributed by atoms with Gasteiger partial charge in [0.2, 0.25) is 5.82 Å². The summed E-state index contributed by atoms with van der Waals surface area (Å²) in [6, 6.07) is 19.5. The maximum Gasteiger partial charge on any atom is 0.413 e. The summed E-state index contributed by atoms with van der Waals surface area (Å²) in [6.07, 6.45) is -1.23. The summed E-state index contributed by atoms with van der Waals surface area (Å²) < 4.78 is 0. The van der Waals surface area contributed by atoms with Crippen molar-refractivity contribution >= 4 is 29.1 Å². The van der Waals surface area contributed by atoms with Crippen LogP contribution in [0.1, 0.15) is 24.1 Å². The second-order valence-electron chi connectivity index (χ2n) is 6.45. The first-order valence-corrected chi connectivity index (χ1v) is 9.24. The number of nitrogens with two attached hydrogens (primary N) is 1. The van der Waals surface area contributed by atoms with Gasteiger partial charge in [0.25, 0.3) is 0 Å². The van der Waals surface area contributed by atoms with Gasteiger partial charge in [-0.15, -0.1) is 0 Å². The van der Waals surface area contributed by atoms with Crippen LogP contribution in [0.15, 0.2) is 66.7 Å². The molecule has 30 heavy (non-hydrogen) atoms. The zero-order chi connectivity index (χ0) is 21.7. The summed E-state index contributed by atoms with van der Waals surface area (Å²) in [7, 11) is 0. The molecule has 9 nitrogen and oxygen atoms in total. The van der Waals surface area contributed by atoms with Crippen LogP contribution in [0.5, 0.6) is 0 Å². The third kappa shape index (κ3) is 4.30. The van der Waals surface area contributed by atoms with Crippen molar-refractivity contribution in [2.45, 2.75) is 13.0 Å². The van der Waals surface area contributed by atoms with E-state index < -0.39 is 22.7 Å². The minimum Gasteiger partial charge on any atom is -0.465 e. The fraction of sp³-hybridized carbons (Fsp3) is 0.143. The first kappa shape index (κ1) is 20.6. The van der Waals surface area contributed by atoms with E-state index >= 15 is 0 Å². The molecule has 0 aliphatic carbocycles. The van der Waals surface area contributed by atoms with Crippen LogP contribution in [0.25, 0.3) is 0 Å². The highest BCUT2D eigenvalue weighted by molar-refractivity contribution is 5.87. The highest BCUT2D eigenvalue weighted by atomic mass is 16.6. The molecule has 154 valence electrons. The van der Waals surface area contributed by atoms with Crippen LogP contribution in [0.3, 0.4) is 0 Å². The van der Waals surface area contributed by atoms with Crippen molar-refractivity contribution in [3.63, 3.8) is 0 Å². The van der Waals surface area contributed by atoms with E-state index in [2.05, 4.69) is 10.3 Å². The predicted octanol–water partition coefficient (Wildman–Crippen LogP) is 4.28. The van der Waals surface area contributed by atoms with Crippen LogP contribution in [0, 0.1) is 10.1 Å². The van der Waals surface area contributed by atoms with Crippen LogP contribution in [0.4, 0.5) is 27.8 Å². The molecule has 0 aliphatic heterocycles. The molecule has 1 heterocycles. The Labute approximate surface area is 172 Å². The highest BCUT2D eigenvalue weighted by Gasteiger charge is 2.27. The van der Waals surface area contributed by atoms with Crippen LogP contribution >= 0.6 is 0 Å². The second-order valence-corrected chi connectivity index (χ2v) is 6.45. The molecule has 0 unspecified atom stereocenters. The number of anilines is 3. The quantitative estimate of drug-likeness (QED) is 0.393. The van der Waals surface area contributed by atoms with E-state index in [9.17, 15) is 20.0 Å². The van der Waals surface area contributed by atoms with Gasteiger partial charge in [0.05, 0.1) is 11.0 Å². The van der Waals surface area contributed by atoms with E-state index in [1.807, 2.05) is 60.7 Å². The molecule has 1 amide bonds. The topological polar surface area (TPSA) is 135 Å². The van der Waals surface area contributed by atoms with Crippen LogP contribution in [-0.2, 0) is 0 Å². The van der Waals surface area contributed by atoms with Crippen molar-refractivity contribution < 1.29 is 14.8 Å². The largest absolute Gasteiger partial charge is 0.465 e. The molecule has 4 N–H and O–H groups in total. The average molecular weight is 407 g/mol. The third-order valence-electron chi connectivity index (χ3n) is 4.56. The highest BCUT2D eigenvalue weighted by Crippen LogP contribution is 2.36. The van der Waals surface area contributed by atoms with Crippen molar-refractivity contribution in [3.05, 3.63) is 88.0 Å². The standard InChI is InChI=1S/C21H21N5O4/c1-2-25(21(27)28)17-13-16(22)19(26(29)30)20(23-17)24-18(14-9-5-3-6-10-14)15-11-7-4-8-12-15/h3-13,18H,2H2,1H3,(H,27,28)(H3,22,23,24). The maximum atomic E-state index is 11.7. The Kier molecular flexibility index (Phi) is 6.11. The number of amides is 1. The summed E-state index contributed by atoms with van der Waals surface area (Å²) in [5.41, 5.74) is 7.06. The van der Waals surface area contributed by atoms with Gasteiger partial charge in [0, 0.05) is 12.6 Å². The molecule has 0 spiro atoms. The Hall–Kier alpha value is -4.14. The lowest BCUT2D eigenvalue weighted by Gasteiger charge is -2.22. The van der Waals surface area contributed by atoms with E-state index in [0.29, 0.717) is 0 Å². The first-order valence-electron chi connectivity index (χ1n) is 9.24. The minimum atomic E-state index is -1.23. The number of hydrogen-bond acceptors (Lipinski definition) is 6. The molecule has 0 bridgehead atoms. The molecule has 0 radical (unpaired) electrons. The molecule has 0 saturated heterocycles. The number of hydrogen-bond donors (Lipinski definition) is 3. The fourth-order valence-corrected chi connectivity index (χ4v) is 3.16. The van der Waals surface area contributed by atoms with Crippen LogP contribution < -0.4 is 16.0 Å². The van der Waals surface area contributed by atoms with Gasteiger partial charge in [-0.3, -0.25) is 15.0 Å². The van der Waals surface area contributed by atoms with Crippen LogP contribution in [-0.4, -0.2) is 27.7 Å². The lowest BCUT2D eigenvalue weighted by molar-refractivity contribution is -0.383. The molecule has 9 heteroatoms. The molecule has 0 aliphatic rings. The van der Waals surface area contributed by atoms with Crippen molar-refractivity contribution in [3.8, 4) is 0 Å². The molecular formula is C21H21N5O4. The zero-order valence-electron chi connectivity index (χ0n) is 16.2. The van der Waals surface area contributed by atoms with Gasteiger partial charge >= 0.3 is 11.8 Å². The predicted molar refractivity (Wildman–Crippen MR) is 115 cm³/mol. The number of rotatable bonds is 7. The van der Waals surface area contributed by atoms with E-state index in [4.69, 9.17) is 5.73 Å². The van der Waals surface area contributed by atoms with Gasteiger partial charge in [0.1, 0.15) is 11.5 Å². The van der Waals surface area contributed by atoms with Gasteiger partial charge in [-0.05, 0) is 18.1 Å². The Morgan fingerprint density at radius 3 is 2.13 bits per heavy atom. The summed E-state index contributed by atoms with van der Waals surface area (Å²) in [6.45, 7) is 1.75. The lowest BCUT2D eigenvalue weighted by Crippen LogP contribution is -2.30. The molecule has 3 aromatic rings. The van der Waals surface area contributed by atoms with E-state index in [1.54, 1.807) is 6.92 Å². The van der Waals surface area contributed by atoms with Gasteiger partial charge < -0.3 is 16.2 Å². The Morgan fingerprint density at radius 1 is 1.17 bits per heavy atom. The number of benzene rings is 2. The molecule has 0 saturated carbocycles. The van der Waals surface area contributed by atoms with Crippen molar-refractivity contribution in [2.75, 3.05) is 22.5 Å². The average Bonchev–Trinajstić information content (AvgIpc) is 2.73. The Morgan fingerprint density at radius 2 is 1.70 bits per heavy atom. The van der Waals surface area contributed by atoms with Crippen molar-refractivity contribution in [1.82, 2.24) is 4.98 Å². The number of nitro groups is 1. The number of nitrogens with one attached hydrogen (secondary N) is 1. The fourth-order valence-electron chi connectivity index (χ4n) is 3.16. The summed E-state index contributed by atoms with van der Waals surface area (Å²) >= 11 is 0. The Balaban J connectivity index is 2.15. The third-order valence-corrected chi connectivity index (χ3v) is 4.56. The Bertz CT molecular complexity index is 1000. The van der Waals surface area contributed by atoms with Gasteiger partial charge in [-0.25, -0.2) is 9.78 Å². The molecular weight excluding hydrogens is 386 g/mol. The molecule has 0 atom stereocenters. The second kappa shape index (κ2) is 8.91. The van der Waals surface area contributed by atoms with E-state index in [1.165, 1.54) is 6.07 Å². The lowest BCUT2D eigenvalue weighted by atomic mass is 9.98. The number of carbonyl (C=O) groups is 1. The molecule has 1 aromatic heterocycles. The molecule has 0 fully saturated rings. The monoisotopic (exact) mass is 407 g/mol. The number of nitrogen functional groups attached to an aromatic ring is 1. The van der Waals surface area contributed by atoms with Gasteiger partial charge in [-0.2, -0.15) is 0 Å². The molecule has 2 aromatic carbocycles. The summed E-state index contributed by atoms with van der Waals surface area (Å²) in [4.78, 5) is 27.8. The first-order chi connectivity index (χ1) is 14.4. The van der Waals surface area contributed by atoms with E-state index in [-0.39, 0.29) is 23.9 Å². The summed E-state index contributed by atoms with van der Waals surface area (Å²) in [5, 5.41) is 24.2. The van der Waals surface area contributed by atoms with Crippen molar-refractivity contribution in [2.24, 2.45) is 0 Å². The number of nitrogens with zero attached hydrogens (tertiary/aromatic N) is 3. The zero-order valence-corrected chi connectivity index (χ0v) is 16.2. The van der Waals surface area contributed by atoms with E-state index in [0.717, 1.165) is 16.0 Å². The number of pyridine rings is 1. The van der Waals surface area contributed by atoms with Crippen LogP contribution in [0.2, 0.25) is 0 Å². The summed E-state index contributed by atoms with van der Waals surface area (Å²) in [5.74, 6) is -0.0946. The minimum absolute atomic E-state index is 0.00970. The number of carboxylic acid groups (broad SMARTS) is 1. The molecule has 3 rings (SSSR count). The SMILES string of the molecule is CCN(C(=O)O)c1cc(N)c([N+](=O)[O-])c(NC(c2ccccc2)c2ccccc2)n1.